The Morgan fingerprint density at radius 3 is 2.53 bits per heavy atom. The van der Waals surface area contributed by atoms with E-state index < -0.39 is 12.1 Å². The van der Waals surface area contributed by atoms with E-state index in [4.69, 9.17) is 18.9 Å². The van der Waals surface area contributed by atoms with Crippen molar-refractivity contribution in [2.45, 2.75) is 6.17 Å². The Kier molecular flexibility index (Phi) is 4.95. The highest BCUT2D eigenvalue weighted by molar-refractivity contribution is 9.10. The van der Waals surface area contributed by atoms with Crippen molar-refractivity contribution in [3.63, 3.8) is 0 Å². The number of rotatable bonds is 3. The molecule has 0 aromatic heterocycles. The van der Waals surface area contributed by atoms with Gasteiger partial charge in [-0.2, -0.15) is 0 Å². The number of hydrazine groups is 1. The highest BCUT2D eigenvalue weighted by Gasteiger charge is 2.35. The molecule has 2 amide bonds. The Bertz CT molecular complexity index is 1330. The van der Waals surface area contributed by atoms with Crippen LogP contribution >= 0.6 is 15.9 Å². The molecule has 0 unspecified atom stereocenters. The van der Waals surface area contributed by atoms with Gasteiger partial charge in [-0.25, -0.2) is 5.01 Å². The van der Waals surface area contributed by atoms with Crippen molar-refractivity contribution in [1.29, 1.82) is 0 Å². The molecule has 0 aliphatic carbocycles. The van der Waals surface area contributed by atoms with E-state index in [1.165, 1.54) is 5.01 Å². The molecule has 2 N–H and O–H groups in total. The van der Waals surface area contributed by atoms with Gasteiger partial charge in [0.1, 0.15) is 19.4 Å². The van der Waals surface area contributed by atoms with Crippen LogP contribution < -0.4 is 29.7 Å². The summed E-state index contributed by atoms with van der Waals surface area (Å²) in [5.74, 6) is 1.45. The summed E-state index contributed by atoms with van der Waals surface area (Å²) in [6, 6.07) is 15.7. The van der Waals surface area contributed by atoms with Crippen LogP contribution in [0.3, 0.4) is 0 Å². The van der Waals surface area contributed by atoms with E-state index in [0.717, 1.165) is 10.0 Å². The Hall–Kier alpha value is -3.92. The van der Waals surface area contributed by atoms with Crippen LogP contribution in [-0.2, 0) is 0 Å². The second-order valence-electron chi connectivity index (χ2n) is 7.82. The predicted octanol–water partition coefficient (Wildman–Crippen LogP) is 3.86. The summed E-state index contributed by atoms with van der Waals surface area (Å²) in [7, 11) is 0. The molecule has 0 fully saturated rings. The van der Waals surface area contributed by atoms with Gasteiger partial charge in [-0.1, -0.05) is 22.0 Å². The first kappa shape index (κ1) is 20.7. The lowest BCUT2D eigenvalue weighted by molar-refractivity contribution is 0.0490. The maximum absolute atomic E-state index is 13.5. The van der Waals surface area contributed by atoms with E-state index in [-0.39, 0.29) is 12.7 Å². The molecule has 3 heterocycles. The van der Waals surface area contributed by atoms with Crippen molar-refractivity contribution in [2.24, 2.45) is 0 Å². The molecule has 34 heavy (non-hydrogen) atoms. The van der Waals surface area contributed by atoms with Gasteiger partial charge >= 0.3 is 0 Å². The minimum atomic E-state index is -0.685. The van der Waals surface area contributed by atoms with Crippen LogP contribution in [0.15, 0.2) is 59.1 Å². The zero-order chi connectivity index (χ0) is 23.2. The average molecular weight is 524 g/mol. The van der Waals surface area contributed by atoms with E-state index >= 15 is 0 Å². The monoisotopic (exact) mass is 523 g/mol. The standard InChI is InChI=1S/C24H18BrN3O6/c25-15-3-4-17-16(11-15)24(30)28(27-23(29)14-2-6-19-21(10-14)34-12-33-19)22(26-17)13-1-5-18-20(9-13)32-8-7-31-18/h1-6,9-11,22,26H,7-8,12H2,(H,27,29)/t22-/m0/s1. The summed E-state index contributed by atoms with van der Waals surface area (Å²) in [5, 5.41) is 4.64. The Balaban J connectivity index is 1.37. The van der Waals surface area contributed by atoms with Crippen molar-refractivity contribution >= 4 is 33.4 Å². The topological polar surface area (TPSA) is 98.4 Å². The summed E-state index contributed by atoms with van der Waals surface area (Å²) in [6.07, 6.45) is -0.685. The fourth-order valence-corrected chi connectivity index (χ4v) is 4.43. The fourth-order valence-electron chi connectivity index (χ4n) is 4.07. The first-order valence-corrected chi connectivity index (χ1v) is 11.4. The smallest absolute Gasteiger partial charge is 0.276 e. The van der Waals surface area contributed by atoms with Gasteiger partial charge in [0.15, 0.2) is 23.0 Å². The molecular weight excluding hydrogens is 506 g/mol. The van der Waals surface area contributed by atoms with E-state index in [0.29, 0.717) is 53.0 Å². The first-order valence-electron chi connectivity index (χ1n) is 10.6. The number of benzene rings is 3. The molecule has 0 radical (unpaired) electrons. The number of carbonyl (C=O) groups excluding carboxylic acids is 2. The molecule has 0 saturated heterocycles. The molecule has 0 bridgehead atoms. The minimum Gasteiger partial charge on any atom is -0.486 e. The molecule has 0 spiro atoms. The molecule has 172 valence electrons. The van der Waals surface area contributed by atoms with Crippen LogP contribution in [0.5, 0.6) is 23.0 Å². The van der Waals surface area contributed by atoms with E-state index in [9.17, 15) is 9.59 Å². The molecule has 6 rings (SSSR count). The van der Waals surface area contributed by atoms with Gasteiger partial charge in [0.2, 0.25) is 6.79 Å². The van der Waals surface area contributed by atoms with Gasteiger partial charge in [0.05, 0.1) is 5.56 Å². The number of fused-ring (bicyclic) bond motifs is 3. The number of anilines is 1. The number of nitrogens with one attached hydrogen (secondary N) is 2. The number of nitrogens with zero attached hydrogens (tertiary/aromatic N) is 1. The van der Waals surface area contributed by atoms with Crippen molar-refractivity contribution < 1.29 is 28.5 Å². The van der Waals surface area contributed by atoms with Crippen LogP contribution in [0.2, 0.25) is 0 Å². The maximum atomic E-state index is 13.5. The molecule has 9 nitrogen and oxygen atoms in total. The molecule has 3 aromatic rings. The summed E-state index contributed by atoms with van der Waals surface area (Å²) < 4.78 is 22.8. The lowest BCUT2D eigenvalue weighted by Crippen LogP contribution is -2.52. The highest BCUT2D eigenvalue weighted by atomic mass is 79.9. The molecular formula is C24H18BrN3O6. The van der Waals surface area contributed by atoms with E-state index in [1.807, 2.05) is 24.3 Å². The zero-order valence-corrected chi connectivity index (χ0v) is 19.3. The predicted molar refractivity (Wildman–Crippen MR) is 124 cm³/mol. The average Bonchev–Trinajstić information content (AvgIpc) is 3.33. The quantitative estimate of drug-likeness (QED) is 0.537. The van der Waals surface area contributed by atoms with Crippen LogP contribution in [0, 0.1) is 0 Å². The largest absolute Gasteiger partial charge is 0.486 e. The number of hydrogen-bond acceptors (Lipinski definition) is 7. The summed E-state index contributed by atoms with van der Waals surface area (Å²) >= 11 is 3.41. The third-order valence-electron chi connectivity index (χ3n) is 5.72. The third kappa shape index (κ3) is 3.56. The van der Waals surface area contributed by atoms with Crippen LogP contribution in [-0.4, -0.2) is 36.8 Å². The molecule has 3 aliphatic heterocycles. The van der Waals surface area contributed by atoms with Gasteiger partial charge in [0.25, 0.3) is 11.8 Å². The summed E-state index contributed by atoms with van der Waals surface area (Å²) in [4.78, 5) is 26.7. The minimum absolute atomic E-state index is 0.104. The van der Waals surface area contributed by atoms with E-state index in [2.05, 4.69) is 26.7 Å². The highest BCUT2D eigenvalue weighted by Crippen LogP contribution is 2.38. The molecule has 10 heteroatoms. The van der Waals surface area contributed by atoms with Crippen LogP contribution in [0.4, 0.5) is 5.69 Å². The van der Waals surface area contributed by atoms with E-state index in [1.54, 1.807) is 30.3 Å². The second kappa shape index (κ2) is 8.14. The Morgan fingerprint density at radius 2 is 1.65 bits per heavy atom. The zero-order valence-electron chi connectivity index (χ0n) is 17.7. The first-order chi connectivity index (χ1) is 16.6. The van der Waals surface area contributed by atoms with Crippen molar-refractivity contribution in [1.82, 2.24) is 10.4 Å². The SMILES string of the molecule is O=C(NN1C(=O)c2cc(Br)ccc2N[C@@H]1c1ccc2c(c1)OCCO2)c1ccc2c(c1)OCO2. The number of carbonyl (C=O) groups is 2. The number of amides is 2. The number of halogens is 1. The van der Waals surface area contributed by atoms with Crippen molar-refractivity contribution in [3.05, 3.63) is 75.8 Å². The molecule has 3 aliphatic rings. The van der Waals surface area contributed by atoms with Crippen molar-refractivity contribution in [2.75, 3.05) is 25.3 Å². The second-order valence-corrected chi connectivity index (χ2v) is 8.74. The lowest BCUT2D eigenvalue weighted by atomic mass is 10.0. The van der Waals surface area contributed by atoms with Gasteiger partial charge in [0, 0.05) is 21.3 Å². The fraction of sp³-hybridized carbons (Fsp3) is 0.167. The Morgan fingerprint density at radius 1 is 0.912 bits per heavy atom. The van der Waals surface area contributed by atoms with Gasteiger partial charge in [-0.15, -0.1) is 0 Å². The van der Waals surface area contributed by atoms with Crippen molar-refractivity contribution in [3.8, 4) is 23.0 Å². The van der Waals surface area contributed by atoms with Gasteiger partial charge in [-0.05, 0) is 48.5 Å². The third-order valence-corrected chi connectivity index (χ3v) is 6.21. The lowest BCUT2D eigenvalue weighted by Gasteiger charge is -2.38. The molecule has 1 atom stereocenters. The van der Waals surface area contributed by atoms with Crippen LogP contribution in [0.1, 0.15) is 32.4 Å². The van der Waals surface area contributed by atoms with Gasteiger partial charge < -0.3 is 24.3 Å². The van der Waals surface area contributed by atoms with Gasteiger partial charge in [-0.3, -0.25) is 15.0 Å². The summed E-state index contributed by atoms with van der Waals surface area (Å²) in [6.45, 7) is 1.02. The molecule has 0 saturated carbocycles. The Labute approximate surface area is 202 Å². The maximum Gasteiger partial charge on any atom is 0.276 e. The normalized spacial score (nSPS) is 17.6. The van der Waals surface area contributed by atoms with Crippen LogP contribution in [0.25, 0.3) is 0 Å². The molecule has 3 aromatic carbocycles. The number of ether oxygens (including phenoxy) is 4. The summed E-state index contributed by atoms with van der Waals surface area (Å²) in [5.41, 5.74) is 4.89. The number of hydrogen-bond donors (Lipinski definition) is 2.